The van der Waals surface area contributed by atoms with Crippen LogP contribution in [0.3, 0.4) is 0 Å². The fourth-order valence-corrected chi connectivity index (χ4v) is 4.62. The topological polar surface area (TPSA) is 69.9 Å². The molecular weight excluding hydrogens is 481 g/mol. The maximum absolute atomic E-state index is 13.4. The van der Waals surface area contributed by atoms with Crippen LogP contribution in [0.1, 0.15) is 60.5 Å². The number of nitrogens with zero attached hydrogens (tertiary/aromatic N) is 4. The van der Waals surface area contributed by atoms with E-state index in [4.69, 9.17) is 0 Å². The summed E-state index contributed by atoms with van der Waals surface area (Å²) < 4.78 is 43.7. The Labute approximate surface area is 213 Å². The van der Waals surface area contributed by atoms with Gasteiger partial charge < -0.3 is 4.74 Å². The van der Waals surface area contributed by atoms with Gasteiger partial charge in [0.15, 0.2) is 0 Å². The molecule has 0 aliphatic heterocycles. The second-order valence-electron chi connectivity index (χ2n) is 9.18. The summed E-state index contributed by atoms with van der Waals surface area (Å²) in [4.78, 5) is 25.9. The van der Waals surface area contributed by atoms with E-state index in [1.54, 1.807) is 6.07 Å². The van der Waals surface area contributed by atoms with E-state index in [-0.39, 0.29) is 35.4 Å². The summed E-state index contributed by atoms with van der Waals surface area (Å²) in [5, 5.41) is 0.844. The van der Waals surface area contributed by atoms with Crippen molar-refractivity contribution >= 4 is 11.0 Å². The molecule has 1 aliphatic rings. The molecule has 0 bridgehead atoms. The molecule has 3 heterocycles. The van der Waals surface area contributed by atoms with E-state index >= 15 is 0 Å². The molecule has 0 radical (unpaired) electrons. The first-order valence-corrected chi connectivity index (χ1v) is 12.3. The number of halogens is 3. The Morgan fingerprint density at radius 3 is 2.46 bits per heavy atom. The third-order valence-electron chi connectivity index (χ3n) is 6.37. The van der Waals surface area contributed by atoms with Crippen LogP contribution in [-0.2, 0) is 6.54 Å². The summed E-state index contributed by atoms with van der Waals surface area (Å²) in [7, 11) is 0. The van der Waals surface area contributed by atoms with Gasteiger partial charge in [-0.05, 0) is 68.5 Å². The number of alkyl halides is 2. The number of hydrogen-bond acceptors (Lipinski definition) is 5. The summed E-state index contributed by atoms with van der Waals surface area (Å²) in [6, 6.07) is 12.3. The zero-order valence-corrected chi connectivity index (χ0v) is 20.8. The van der Waals surface area contributed by atoms with E-state index in [9.17, 15) is 18.0 Å². The number of ether oxygens (including phenoxy) is 1. The van der Waals surface area contributed by atoms with Crippen molar-refractivity contribution in [1.29, 1.82) is 0 Å². The third-order valence-corrected chi connectivity index (χ3v) is 6.37. The highest BCUT2D eigenvalue weighted by molar-refractivity contribution is 5.76. The van der Waals surface area contributed by atoms with Gasteiger partial charge in [-0.25, -0.2) is 14.4 Å². The molecule has 0 atom stereocenters. The molecule has 194 valence electrons. The zero-order chi connectivity index (χ0) is 26.4. The van der Waals surface area contributed by atoms with Gasteiger partial charge in [0.05, 0.1) is 6.54 Å². The minimum atomic E-state index is -3.02. The Morgan fingerprint density at radius 2 is 1.78 bits per heavy atom. The molecule has 3 aromatic heterocycles. The molecule has 0 spiro atoms. The fourth-order valence-electron chi connectivity index (χ4n) is 4.62. The Balaban J connectivity index is 0.000000342. The number of hydrogen-bond donors (Lipinski definition) is 0. The number of benzene rings is 1. The van der Waals surface area contributed by atoms with E-state index in [0.717, 1.165) is 47.9 Å². The molecule has 6 nitrogen and oxygen atoms in total. The maximum atomic E-state index is 13.4. The molecule has 4 aromatic rings. The zero-order valence-electron chi connectivity index (χ0n) is 20.8. The predicted molar refractivity (Wildman–Crippen MR) is 135 cm³/mol. The average molecular weight is 511 g/mol. The predicted octanol–water partition coefficient (Wildman–Crippen LogP) is 6.33. The first kappa shape index (κ1) is 26.3. The smallest absolute Gasteiger partial charge is 0.388 e. The van der Waals surface area contributed by atoms with Crippen LogP contribution < -0.4 is 10.3 Å². The lowest BCUT2D eigenvalue weighted by atomic mass is 9.84. The summed E-state index contributed by atoms with van der Waals surface area (Å²) >= 11 is 0. The number of fused-ring (bicyclic) bond motifs is 1. The Kier molecular flexibility index (Phi) is 8.53. The minimum absolute atomic E-state index is 0.0394. The molecule has 1 aromatic carbocycles. The molecule has 37 heavy (non-hydrogen) atoms. The standard InChI is InChI=1S/C21H22F2N4O2.C7H7F/c1-13-7-8-15-11-16(14-5-3-2-4-6-14)20(28)27(18(15)26-13)12-17-19(29-21(22)23)25-10-9-24-17;1-6-3-2-4-7(8)5-6/h7-11,14,21H,2-6,12H2,1H3;2-5H,1H3. The first-order valence-electron chi connectivity index (χ1n) is 12.3. The molecule has 9 heteroatoms. The van der Waals surface area contributed by atoms with Gasteiger partial charge in [0.1, 0.15) is 17.2 Å². The van der Waals surface area contributed by atoms with E-state index in [1.807, 2.05) is 38.1 Å². The van der Waals surface area contributed by atoms with Crippen molar-refractivity contribution in [3.8, 4) is 5.88 Å². The average Bonchev–Trinajstić information content (AvgIpc) is 2.87. The second kappa shape index (κ2) is 12.0. The largest absolute Gasteiger partial charge is 0.415 e. The summed E-state index contributed by atoms with van der Waals surface area (Å²) in [5.74, 6) is -0.241. The molecule has 1 saturated carbocycles. The highest BCUT2D eigenvalue weighted by atomic mass is 19.3. The van der Waals surface area contributed by atoms with Crippen LogP contribution in [0.15, 0.2) is 59.7 Å². The van der Waals surface area contributed by atoms with E-state index in [0.29, 0.717) is 5.65 Å². The second-order valence-corrected chi connectivity index (χ2v) is 9.18. The van der Waals surface area contributed by atoms with Crippen molar-refractivity contribution < 1.29 is 17.9 Å². The van der Waals surface area contributed by atoms with E-state index in [2.05, 4.69) is 19.7 Å². The summed E-state index contributed by atoms with van der Waals surface area (Å²) in [6.45, 7) is 0.648. The first-order chi connectivity index (χ1) is 17.8. The number of rotatable bonds is 5. The molecule has 1 fully saturated rings. The van der Waals surface area contributed by atoms with Crippen LogP contribution in [0.2, 0.25) is 0 Å². The lowest BCUT2D eigenvalue weighted by molar-refractivity contribution is -0.0538. The molecule has 1 aliphatic carbocycles. The highest BCUT2D eigenvalue weighted by Crippen LogP contribution is 2.32. The SMILES string of the molecule is Cc1ccc2cc(C3CCCCC3)c(=O)n(Cc3nccnc3OC(F)F)c2n1.Cc1cccc(F)c1. The van der Waals surface area contributed by atoms with Gasteiger partial charge in [0.2, 0.25) is 5.88 Å². The van der Waals surface area contributed by atoms with Crippen LogP contribution in [0.4, 0.5) is 13.2 Å². The van der Waals surface area contributed by atoms with Crippen LogP contribution in [-0.4, -0.2) is 26.1 Å². The maximum Gasteiger partial charge on any atom is 0.388 e. The van der Waals surface area contributed by atoms with Gasteiger partial charge in [-0.15, -0.1) is 0 Å². The quantitative estimate of drug-likeness (QED) is 0.314. The van der Waals surface area contributed by atoms with Crippen molar-refractivity contribution in [2.45, 2.75) is 65.0 Å². The van der Waals surface area contributed by atoms with Crippen molar-refractivity contribution in [2.75, 3.05) is 0 Å². The fraction of sp³-hybridized carbons (Fsp3) is 0.357. The van der Waals surface area contributed by atoms with E-state index < -0.39 is 6.61 Å². The van der Waals surface area contributed by atoms with Gasteiger partial charge >= 0.3 is 6.61 Å². The Hall–Kier alpha value is -3.75. The van der Waals surface area contributed by atoms with Crippen molar-refractivity contribution in [3.05, 3.63) is 93.5 Å². The summed E-state index contributed by atoms with van der Waals surface area (Å²) in [5.41, 5.74) is 2.99. The molecule has 5 rings (SSSR count). The van der Waals surface area contributed by atoms with Crippen molar-refractivity contribution in [1.82, 2.24) is 19.5 Å². The van der Waals surface area contributed by atoms with Gasteiger partial charge in [0, 0.05) is 29.0 Å². The van der Waals surface area contributed by atoms with Crippen LogP contribution in [0, 0.1) is 19.7 Å². The number of pyridine rings is 2. The van der Waals surface area contributed by atoms with Gasteiger partial charge in [-0.2, -0.15) is 8.78 Å². The molecule has 0 N–H and O–H groups in total. The normalized spacial score (nSPS) is 13.9. The Morgan fingerprint density at radius 1 is 1.03 bits per heavy atom. The molecular formula is C28H29F3N4O2. The number of aromatic nitrogens is 4. The van der Waals surface area contributed by atoms with E-state index in [1.165, 1.54) is 35.5 Å². The van der Waals surface area contributed by atoms with Crippen molar-refractivity contribution in [3.63, 3.8) is 0 Å². The lowest BCUT2D eigenvalue weighted by Gasteiger charge is -2.23. The Bertz CT molecular complexity index is 1400. The summed E-state index contributed by atoms with van der Waals surface area (Å²) in [6.07, 6.45) is 8.02. The van der Waals surface area contributed by atoms with Gasteiger partial charge in [0.25, 0.3) is 5.56 Å². The lowest BCUT2D eigenvalue weighted by Crippen LogP contribution is -2.28. The van der Waals surface area contributed by atoms with Crippen LogP contribution in [0.5, 0.6) is 5.88 Å². The highest BCUT2D eigenvalue weighted by Gasteiger charge is 2.22. The van der Waals surface area contributed by atoms with Crippen LogP contribution in [0.25, 0.3) is 11.0 Å². The van der Waals surface area contributed by atoms with Gasteiger partial charge in [-0.1, -0.05) is 31.4 Å². The third kappa shape index (κ3) is 6.72. The van der Waals surface area contributed by atoms with Crippen LogP contribution >= 0.6 is 0 Å². The monoisotopic (exact) mass is 510 g/mol. The number of aryl methyl sites for hydroxylation is 2. The van der Waals surface area contributed by atoms with Gasteiger partial charge in [-0.3, -0.25) is 14.3 Å². The molecule has 0 saturated heterocycles. The van der Waals surface area contributed by atoms with Crippen molar-refractivity contribution in [2.24, 2.45) is 0 Å². The molecule has 0 amide bonds. The molecule has 0 unspecified atom stereocenters. The minimum Gasteiger partial charge on any atom is -0.415 e.